The van der Waals surface area contributed by atoms with Crippen molar-refractivity contribution in [2.24, 2.45) is 22.6 Å². The van der Waals surface area contributed by atoms with Gasteiger partial charge in [0.05, 0.1) is 22.8 Å². The van der Waals surface area contributed by atoms with Crippen molar-refractivity contribution in [2.75, 3.05) is 11.4 Å². The summed E-state index contributed by atoms with van der Waals surface area (Å²) in [5.41, 5.74) is 7.21. The van der Waals surface area contributed by atoms with Crippen molar-refractivity contribution in [3.05, 3.63) is 29.3 Å². The summed E-state index contributed by atoms with van der Waals surface area (Å²) in [5.74, 6) is 2.01. The molecule has 4 heteroatoms. The van der Waals surface area contributed by atoms with E-state index in [4.69, 9.17) is 17.3 Å². The highest BCUT2D eigenvalue weighted by Crippen LogP contribution is 2.45. The van der Waals surface area contributed by atoms with Gasteiger partial charge in [0.1, 0.15) is 0 Å². The van der Waals surface area contributed by atoms with Crippen LogP contribution in [-0.4, -0.2) is 18.0 Å². The van der Waals surface area contributed by atoms with Crippen LogP contribution in [0, 0.1) is 11.8 Å². The van der Waals surface area contributed by atoms with Crippen LogP contribution in [0.3, 0.4) is 0 Å². The van der Waals surface area contributed by atoms with Gasteiger partial charge in [0.15, 0.2) is 5.96 Å². The van der Waals surface area contributed by atoms with Crippen LogP contribution in [0.4, 0.5) is 5.69 Å². The largest absolute Gasteiger partial charge is 0.369 e. The molecule has 0 bridgehead atoms. The Kier molecular flexibility index (Phi) is 3.41. The topological polar surface area (TPSA) is 41.6 Å². The predicted octanol–water partition coefficient (Wildman–Crippen LogP) is 3.67. The number of anilines is 1. The third-order valence-electron chi connectivity index (χ3n) is 4.59. The summed E-state index contributed by atoms with van der Waals surface area (Å²) in [5, 5.41) is 0.748. The Morgan fingerprint density at radius 1 is 1.25 bits per heavy atom. The molecule has 1 saturated carbocycles. The molecule has 20 heavy (non-hydrogen) atoms. The van der Waals surface area contributed by atoms with E-state index in [1.807, 2.05) is 24.3 Å². The van der Waals surface area contributed by atoms with Gasteiger partial charge >= 0.3 is 0 Å². The van der Waals surface area contributed by atoms with Crippen molar-refractivity contribution in [1.29, 1.82) is 0 Å². The summed E-state index contributed by atoms with van der Waals surface area (Å²) < 4.78 is 0. The molecule has 1 aromatic rings. The number of benzene rings is 1. The van der Waals surface area contributed by atoms with E-state index in [-0.39, 0.29) is 5.54 Å². The van der Waals surface area contributed by atoms with Gasteiger partial charge in [-0.25, -0.2) is 0 Å². The highest BCUT2D eigenvalue weighted by molar-refractivity contribution is 6.34. The summed E-state index contributed by atoms with van der Waals surface area (Å²) in [6.45, 7) is 5.45. The lowest BCUT2D eigenvalue weighted by atomic mass is 9.71. The van der Waals surface area contributed by atoms with Crippen LogP contribution in [0.1, 0.15) is 33.1 Å². The van der Waals surface area contributed by atoms with Gasteiger partial charge in [-0.2, -0.15) is 0 Å². The first-order valence-electron chi connectivity index (χ1n) is 7.36. The summed E-state index contributed by atoms with van der Waals surface area (Å²) >= 11 is 6.39. The van der Waals surface area contributed by atoms with E-state index in [0.29, 0.717) is 17.8 Å². The zero-order valence-electron chi connectivity index (χ0n) is 12.1. The molecule has 0 amide bonds. The van der Waals surface area contributed by atoms with Gasteiger partial charge in [-0.05, 0) is 43.2 Å². The lowest BCUT2D eigenvalue weighted by Gasteiger charge is -2.46. The minimum atomic E-state index is 0.0200. The lowest BCUT2D eigenvalue weighted by molar-refractivity contribution is 0.197. The Labute approximate surface area is 125 Å². The minimum Gasteiger partial charge on any atom is -0.369 e. The van der Waals surface area contributed by atoms with Crippen LogP contribution >= 0.6 is 11.6 Å². The van der Waals surface area contributed by atoms with Crippen LogP contribution in [0.5, 0.6) is 0 Å². The maximum atomic E-state index is 6.39. The molecule has 3 rings (SSSR count). The summed E-state index contributed by atoms with van der Waals surface area (Å²) in [7, 11) is 0. The second-order valence-corrected chi connectivity index (χ2v) is 6.95. The van der Waals surface area contributed by atoms with Crippen LogP contribution in [-0.2, 0) is 0 Å². The number of rotatable bonds is 1. The Bertz CT molecular complexity index is 530. The first kappa shape index (κ1) is 13.7. The van der Waals surface area contributed by atoms with Gasteiger partial charge in [-0.3, -0.25) is 4.99 Å². The molecule has 2 unspecified atom stereocenters. The first-order chi connectivity index (χ1) is 9.52. The zero-order chi connectivity index (χ0) is 14.3. The van der Waals surface area contributed by atoms with Gasteiger partial charge in [0.25, 0.3) is 0 Å². The van der Waals surface area contributed by atoms with Gasteiger partial charge in [-0.15, -0.1) is 0 Å². The second-order valence-electron chi connectivity index (χ2n) is 6.54. The van der Waals surface area contributed by atoms with Crippen LogP contribution < -0.4 is 10.6 Å². The molecule has 1 aromatic carbocycles. The number of para-hydroxylation sites is 1. The van der Waals surface area contributed by atoms with Crippen LogP contribution in [0.15, 0.2) is 29.3 Å². The molecule has 1 aliphatic heterocycles. The molecular formula is C16H22ClN3. The van der Waals surface area contributed by atoms with Gasteiger partial charge in [0.2, 0.25) is 0 Å². The van der Waals surface area contributed by atoms with E-state index in [1.165, 1.54) is 6.42 Å². The quantitative estimate of drug-likeness (QED) is 0.858. The average Bonchev–Trinajstić information content (AvgIpc) is 2.66. The van der Waals surface area contributed by atoms with Crippen molar-refractivity contribution in [1.82, 2.24) is 0 Å². The van der Waals surface area contributed by atoms with Gasteiger partial charge in [0, 0.05) is 0 Å². The Morgan fingerprint density at radius 3 is 2.55 bits per heavy atom. The van der Waals surface area contributed by atoms with E-state index >= 15 is 0 Å². The Morgan fingerprint density at radius 2 is 1.90 bits per heavy atom. The maximum absolute atomic E-state index is 6.39. The number of nitrogens with zero attached hydrogens (tertiary/aromatic N) is 2. The number of halogens is 1. The molecular weight excluding hydrogens is 270 g/mol. The minimum absolute atomic E-state index is 0.0200. The number of aliphatic imine (C=N–C) groups is 1. The zero-order valence-corrected chi connectivity index (χ0v) is 12.9. The van der Waals surface area contributed by atoms with Gasteiger partial charge in [-0.1, -0.05) is 37.6 Å². The van der Waals surface area contributed by atoms with Crippen molar-refractivity contribution in [2.45, 2.75) is 38.6 Å². The van der Waals surface area contributed by atoms with Crippen LogP contribution in [0.2, 0.25) is 5.02 Å². The smallest absolute Gasteiger partial charge is 0.196 e. The van der Waals surface area contributed by atoms with E-state index < -0.39 is 0 Å². The Hall–Kier alpha value is -1.22. The standard InChI is InChI=1S/C16H22ClN3/c1-11-7-12(2)9-16(8-11)10-19-15(18)20(16)14-6-4-3-5-13(14)17/h3-6,11-12H,7-10H2,1-2H3,(H2,18,19). The highest BCUT2D eigenvalue weighted by atomic mass is 35.5. The molecule has 0 saturated heterocycles. The van der Waals surface area contributed by atoms with Crippen molar-refractivity contribution in [3.63, 3.8) is 0 Å². The van der Waals surface area contributed by atoms with Crippen molar-refractivity contribution in [3.8, 4) is 0 Å². The fourth-order valence-corrected chi connectivity index (χ4v) is 4.39. The fourth-order valence-electron chi connectivity index (χ4n) is 4.17. The molecule has 1 aliphatic carbocycles. The molecule has 1 fully saturated rings. The summed E-state index contributed by atoms with van der Waals surface area (Å²) in [4.78, 5) is 6.74. The second kappa shape index (κ2) is 4.96. The van der Waals surface area contributed by atoms with Crippen LogP contribution in [0.25, 0.3) is 0 Å². The Balaban J connectivity index is 2.02. The van der Waals surface area contributed by atoms with Crippen molar-refractivity contribution < 1.29 is 0 Å². The molecule has 2 atom stereocenters. The third kappa shape index (κ3) is 2.18. The SMILES string of the molecule is CC1CC(C)CC2(CN=C(N)N2c2ccccc2Cl)C1. The van der Waals surface area contributed by atoms with E-state index in [9.17, 15) is 0 Å². The number of nitrogens with two attached hydrogens (primary N) is 1. The first-order valence-corrected chi connectivity index (χ1v) is 7.74. The van der Waals surface area contributed by atoms with E-state index in [2.05, 4.69) is 23.7 Å². The molecule has 0 aromatic heterocycles. The normalized spacial score (nSPS) is 33.5. The predicted molar refractivity (Wildman–Crippen MR) is 85.3 cm³/mol. The molecule has 108 valence electrons. The van der Waals surface area contributed by atoms with Crippen molar-refractivity contribution >= 4 is 23.2 Å². The summed E-state index contributed by atoms with van der Waals surface area (Å²) in [6.07, 6.45) is 3.55. The molecule has 0 radical (unpaired) electrons. The van der Waals surface area contributed by atoms with Gasteiger partial charge < -0.3 is 10.6 Å². The third-order valence-corrected chi connectivity index (χ3v) is 4.91. The molecule has 3 nitrogen and oxygen atoms in total. The van der Waals surface area contributed by atoms with E-state index in [1.54, 1.807) is 0 Å². The average molecular weight is 292 g/mol. The maximum Gasteiger partial charge on any atom is 0.196 e. The number of hydrogen-bond acceptors (Lipinski definition) is 3. The molecule has 1 heterocycles. The number of guanidine groups is 1. The fraction of sp³-hybridized carbons (Fsp3) is 0.562. The monoisotopic (exact) mass is 291 g/mol. The summed E-state index contributed by atoms with van der Waals surface area (Å²) in [6, 6.07) is 7.93. The lowest BCUT2D eigenvalue weighted by Crippen LogP contribution is -2.55. The highest BCUT2D eigenvalue weighted by Gasteiger charge is 2.47. The number of hydrogen-bond donors (Lipinski definition) is 1. The molecule has 2 aliphatic rings. The molecule has 2 N–H and O–H groups in total. The van der Waals surface area contributed by atoms with E-state index in [0.717, 1.165) is 30.1 Å². The molecule has 1 spiro atoms.